The first-order chi connectivity index (χ1) is 7.36. The molecule has 0 aliphatic rings. The normalized spacial score (nSPS) is 16.1. The van der Waals surface area contributed by atoms with E-state index in [0.717, 1.165) is 0 Å². The van der Waals surface area contributed by atoms with Crippen LogP contribution in [0.1, 0.15) is 24.7 Å². The molecule has 0 amide bonds. The van der Waals surface area contributed by atoms with Crippen LogP contribution in [0.4, 0.5) is 13.2 Å². The van der Waals surface area contributed by atoms with Gasteiger partial charge in [0.1, 0.15) is 0 Å². The van der Waals surface area contributed by atoms with Crippen LogP contribution >= 0.6 is 0 Å². The summed E-state index contributed by atoms with van der Waals surface area (Å²) in [5, 5.41) is 3.20. The van der Waals surface area contributed by atoms with Crippen molar-refractivity contribution in [3.05, 3.63) is 11.7 Å². The van der Waals surface area contributed by atoms with Crippen LogP contribution in [0.15, 0.2) is 4.52 Å². The van der Waals surface area contributed by atoms with Gasteiger partial charge in [0.25, 0.3) is 0 Å². The molecule has 0 aliphatic carbocycles. The van der Waals surface area contributed by atoms with Crippen LogP contribution in [0.5, 0.6) is 0 Å². The number of nitrogens with zero attached hydrogens (tertiary/aromatic N) is 2. The van der Waals surface area contributed by atoms with Crippen LogP contribution in [-0.4, -0.2) is 23.9 Å². The van der Waals surface area contributed by atoms with Gasteiger partial charge < -0.3 is 15.0 Å². The van der Waals surface area contributed by atoms with Crippen molar-refractivity contribution in [1.82, 2.24) is 10.1 Å². The molecule has 16 heavy (non-hydrogen) atoms. The minimum absolute atomic E-state index is 0.170. The fraction of sp³-hybridized carbons (Fsp3) is 0.750. The van der Waals surface area contributed by atoms with Gasteiger partial charge in [-0.25, -0.2) is 0 Å². The average molecular weight is 239 g/mol. The molecule has 8 heteroatoms. The van der Waals surface area contributed by atoms with Crippen molar-refractivity contribution in [2.24, 2.45) is 11.7 Å². The summed E-state index contributed by atoms with van der Waals surface area (Å²) in [6.45, 7) is 2.02. The Bertz CT molecular complexity index is 340. The van der Waals surface area contributed by atoms with Gasteiger partial charge in [-0.1, -0.05) is 12.1 Å². The van der Waals surface area contributed by atoms with Gasteiger partial charge in [0.05, 0.1) is 12.6 Å². The monoisotopic (exact) mass is 239 g/mol. The standard InChI is InChI=1S/C8H12F3N3O2/c1-4(3-15-2)5(12)6-13-7(16-14-6)8(9,10)11/h4-5H,3,12H2,1-2H3. The second kappa shape index (κ2) is 4.79. The second-order valence-electron chi connectivity index (χ2n) is 3.41. The van der Waals surface area contributed by atoms with Crippen molar-refractivity contribution in [3.63, 3.8) is 0 Å². The molecule has 0 bridgehead atoms. The molecule has 2 unspecified atom stereocenters. The first-order valence-corrected chi connectivity index (χ1v) is 4.51. The van der Waals surface area contributed by atoms with E-state index in [0.29, 0.717) is 6.61 Å². The zero-order valence-electron chi connectivity index (χ0n) is 8.78. The van der Waals surface area contributed by atoms with Gasteiger partial charge in [-0.2, -0.15) is 18.2 Å². The second-order valence-corrected chi connectivity index (χ2v) is 3.41. The van der Waals surface area contributed by atoms with Crippen molar-refractivity contribution in [3.8, 4) is 0 Å². The molecule has 5 nitrogen and oxygen atoms in total. The van der Waals surface area contributed by atoms with Crippen molar-refractivity contribution < 1.29 is 22.4 Å². The van der Waals surface area contributed by atoms with E-state index in [1.54, 1.807) is 6.92 Å². The molecular weight excluding hydrogens is 227 g/mol. The number of aromatic nitrogens is 2. The van der Waals surface area contributed by atoms with Gasteiger partial charge in [-0.15, -0.1) is 0 Å². The fourth-order valence-electron chi connectivity index (χ4n) is 1.11. The summed E-state index contributed by atoms with van der Waals surface area (Å²) in [6.07, 6.45) is -4.64. The minimum Gasteiger partial charge on any atom is -0.384 e. The minimum atomic E-state index is -4.64. The van der Waals surface area contributed by atoms with Crippen LogP contribution in [0, 0.1) is 5.92 Å². The van der Waals surface area contributed by atoms with Crippen LogP contribution < -0.4 is 5.73 Å². The molecule has 1 heterocycles. The summed E-state index contributed by atoms with van der Waals surface area (Å²) < 4.78 is 45.4. The van der Waals surface area contributed by atoms with Crippen LogP contribution in [0.25, 0.3) is 0 Å². The summed E-state index contributed by atoms with van der Waals surface area (Å²) in [6, 6.07) is -0.750. The van der Waals surface area contributed by atoms with E-state index in [1.165, 1.54) is 7.11 Å². The van der Waals surface area contributed by atoms with Crippen LogP contribution in [0.2, 0.25) is 0 Å². The molecule has 2 atom stereocenters. The van der Waals surface area contributed by atoms with Crippen molar-refractivity contribution in [2.75, 3.05) is 13.7 Å². The highest BCUT2D eigenvalue weighted by Gasteiger charge is 2.39. The van der Waals surface area contributed by atoms with E-state index in [9.17, 15) is 13.2 Å². The fourth-order valence-corrected chi connectivity index (χ4v) is 1.11. The average Bonchev–Trinajstić information content (AvgIpc) is 2.65. The summed E-state index contributed by atoms with van der Waals surface area (Å²) in [5.74, 6) is -1.76. The molecular formula is C8H12F3N3O2. The van der Waals surface area contributed by atoms with E-state index in [-0.39, 0.29) is 11.7 Å². The molecule has 0 spiro atoms. The molecule has 1 rings (SSSR count). The lowest BCUT2D eigenvalue weighted by Gasteiger charge is -2.14. The number of hydrogen-bond donors (Lipinski definition) is 1. The highest BCUT2D eigenvalue weighted by Crippen LogP contribution is 2.28. The van der Waals surface area contributed by atoms with Gasteiger partial charge in [0.15, 0.2) is 5.82 Å². The smallest absolute Gasteiger partial charge is 0.384 e. The molecule has 0 fully saturated rings. The maximum Gasteiger partial charge on any atom is 0.471 e. The molecule has 0 aliphatic heterocycles. The third-order valence-electron chi connectivity index (χ3n) is 2.02. The Labute approximate surface area is 89.8 Å². The van der Waals surface area contributed by atoms with Crippen molar-refractivity contribution in [1.29, 1.82) is 0 Å². The number of halogens is 3. The number of hydrogen-bond acceptors (Lipinski definition) is 5. The Balaban J connectivity index is 2.78. The first kappa shape index (κ1) is 12.9. The number of ether oxygens (including phenoxy) is 1. The Morgan fingerprint density at radius 3 is 2.56 bits per heavy atom. The lowest BCUT2D eigenvalue weighted by molar-refractivity contribution is -0.159. The van der Waals surface area contributed by atoms with E-state index in [4.69, 9.17) is 10.5 Å². The zero-order chi connectivity index (χ0) is 12.3. The highest BCUT2D eigenvalue weighted by atomic mass is 19.4. The lowest BCUT2D eigenvalue weighted by Crippen LogP contribution is -2.24. The molecule has 0 aromatic carbocycles. The van der Waals surface area contributed by atoms with Crippen molar-refractivity contribution >= 4 is 0 Å². The Morgan fingerprint density at radius 2 is 2.12 bits per heavy atom. The third-order valence-corrected chi connectivity index (χ3v) is 2.02. The third kappa shape index (κ3) is 2.92. The predicted molar refractivity (Wildman–Crippen MR) is 47.3 cm³/mol. The van der Waals surface area contributed by atoms with Gasteiger partial charge in [0, 0.05) is 13.0 Å². The van der Waals surface area contributed by atoms with Gasteiger partial charge >= 0.3 is 12.1 Å². The molecule has 0 radical (unpaired) electrons. The highest BCUT2D eigenvalue weighted by molar-refractivity contribution is 4.96. The summed E-state index contributed by atoms with van der Waals surface area (Å²) in [4.78, 5) is 3.20. The maximum atomic E-state index is 12.2. The van der Waals surface area contributed by atoms with Gasteiger partial charge in [0.2, 0.25) is 0 Å². The Hall–Kier alpha value is -1.15. The van der Waals surface area contributed by atoms with Crippen LogP contribution in [-0.2, 0) is 10.9 Å². The molecule has 0 saturated carbocycles. The van der Waals surface area contributed by atoms with E-state index >= 15 is 0 Å². The Kier molecular flexibility index (Phi) is 3.87. The number of alkyl halides is 3. The summed E-state index contributed by atoms with van der Waals surface area (Å²) in [5.41, 5.74) is 5.65. The quantitative estimate of drug-likeness (QED) is 0.858. The molecule has 92 valence electrons. The first-order valence-electron chi connectivity index (χ1n) is 4.51. The van der Waals surface area contributed by atoms with E-state index in [2.05, 4.69) is 14.7 Å². The van der Waals surface area contributed by atoms with E-state index in [1.807, 2.05) is 0 Å². The maximum absolute atomic E-state index is 12.2. The van der Waals surface area contributed by atoms with Gasteiger partial charge in [-0.05, 0) is 0 Å². The molecule has 0 saturated heterocycles. The SMILES string of the molecule is COCC(C)C(N)c1noc(C(F)(F)F)n1. The van der Waals surface area contributed by atoms with Crippen molar-refractivity contribution in [2.45, 2.75) is 19.1 Å². The van der Waals surface area contributed by atoms with Crippen LogP contribution in [0.3, 0.4) is 0 Å². The molecule has 2 N–H and O–H groups in total. The topological polar surface area (TPSA) is 74.2 Å². The summed E-state index contributed by atoms with van der Waals surface area (Å²) >= 11 is 0. The lowest BCUT2D eigenvalue weighted by atomic mass is 10.0. The number of rotatable bonds is 4. The van der Waals surface area contributed by atoms with Gasteiger partial charge in [-0.3, -0.25) is 0 Å². The summed E-state index contributed by atoms with van der Waals surface area (Å²) in [7, 11) is 1.47. The predicted octanol–water partition coefficient (Wildman–Crippen LogP) is 1.37. The van der Waals surface area contributed by atoms with E-state index < -0.39 is 18.1 Å². The molecule has 1 aromatic rings. The number of methoxy groups -OCH3 is 1. The Morgan fingerprint density at radius 1 is 1.50 bits per heavy atom. The molecule has 1 aromatic heterocycles. The zero-order valence-corrected chi connectivity index (χ0v) is 8.78. The largest absolute Gasteiger partial charge is 0.471 e. The number of nitrogens with two attached hydrogens (primary N) is 1.